The zero-order valence-corrected chi connectivity index (χ0v) is 16.4. The van der Waals surface area contributed by atoms with Crippen molar-refractivity contribution >= 4 is 11.6 Å². The number of anilines is 1. The summed E-state index contributed by atoms with van der Waals surface area (Å²) >= 11 is 0. The third-order valence-corrected chi connectivity index (χ3v) is 4.56. The highest BCUT2D eigenvalue weighted by Crippen LogP contribution is 2.32. The van der Waals surface area contributed by atoms with Crippen molar-refractivity contribution in [2.45, 2.75) is 33.0 Å². The number of hydrogen-bond acceptors (Lipinski definition) is 5. The van der Waals surface area contributed by atoms with Gasteiger partial charge in [-0.3, -0.25) is 14.4 Å². The van der Waals surface area contributed by atoms with E-state index in [9.17, 15) is 4.79 Å². The lowest BCUT2D eigenvalue weighted by atomic mass is 10.1. The van der Waals surface area contributed by atoms with Crippen LogP contribution in [0, 0.1) is 0 Å². The van der Waals surface area contributed by atoms with Gasteiger partial charge in [-0.1, -0.05) is 0 Å². The summed E-state index contributed by atoms with van der Waals surface area (Å²) in [5.74, 6) is 0.678. The van der Waals surface area contributed by atoms with E-state index in [-0.39, 0.29) is 18.1 Å². The Morgan fingerprint density at radius 1 is 1.30 bits per heavy atom. The first-order valence-corrected chi connectivity index (χ1v) is 9.33. The Balaban J connectivity index is 1.72. The maximum absolute atomic E-state index is 11.4. The lowest BCUT2D eigenvalue weighted by molar-refractivity contribution is -0.114. The molecule has 1 aromatic carbocycles. The molecule has 146 valence electrons. The molecule has 0 unspecified atom stereocenters. The van der Waals surface area contributed by atoms with Gasteiger partial charge in [-0.2, -0.15) is 5.10 Å². The number of carbonyl (C=O) groups excluding carboxylic acids is 1. The summed E-state index contributed by atoms with van der Waals surface area (Å²) in [6.07, 6.45) is 2.24. The minimum absolute atomic E-state index is 0.102. The number of hydrogen-bond donors (Lipinski definition) is 1. The molecule has 2 atom stereocenters. The van der Waals surface area contributed by atoms with E-state index < -0.39 is 0 Å². The number of rotatable bonds is 6. The van der Waals surface area contributed by atoms with Crippen molar-refractivity contribution in [2.75, 3.05) is 31.6 Å². The molecular weight excluding hydrogens is 344 g/mol. The zero-order chi connectivity index (χ0) is 19.4. The molecule has 1 aromatic heterocycles. The summed E-state index contributed by atoms with van der Waals surface area (Å²) in [6.45, 7) is 8.97. The van der Waals surface area contributed by atoms with E-state index in [1.807, 2.05) is 31.3 Å². The number of amides is 1. The quantitative estimate of drug-likeness (QED) is 0.844. The number of aryl methyl sites for hydroxylation is 1. The molecule has 7 nitrogen and oxygen atoms in total. The fourth-order valence-corrected chi connectivity index (χ4v) is 3.53. The number of carbonyl (C=O) groups is 1. The molecule has 1 N–H and O–H groups in total. The van der Waals surface area contributed by atoms with Gasteiger partial charge in [0.1, 0.15) is 12.4 Å². The summed E-state index contributed by atoms with van der Waals surface area (Å²) < 4.78 is 13.7. The van der Waals surface area contributed by atoms with Crippen LogP contribution in [0.25, 0.3) is 11.3 Å². The van der Waals surface area contributed by atoms with Gasteiger partial charge in [0.25, 0.3) is 0 Å². The van der Waals surface area contributed by atoms with Crippen molar-refractivity contribution in [3.05, 3.63) is 30.5 Å². The first kappa shape index (κ1) is 19.4. The second kappa shape index (κ2) is 8.54. The van der Waals surface area contributed by atoms with Crippen LogP contribution in [0.5, 0.6) is 5.75 Å². The minimum Gasteiger partial charge on any atom is -0.492 e. The van der Waals surface area contributed by atoms with Gasteiger partial charge < -0.3 is 14.8 Å². The molecule has 7 heteroatoms. The second-order valence-electron chi connectivity index (χ2n) is 7.10. The normalized spacial score (nSPS) is 20.4. The molecule has 0 saturated carbocycles. The number of benzene rings is 1. The number of aromatic nitrogens is 2. The molecule has 1 saturated heterocycles. The van der Waals surface area contributed by atoms with Crippen LogP contribution in [-0.2, 0) is 16.6 Å². The van der Waals surface area contributed by atoms with Crippen LogP contribution < -0.4 is 10.1 Å². The van der Waals surface area contributed by atoms with E-state index >= 15 is 0 Å². The van der Waals surface area contributed by atoms with Gasteiger partial charge in [0.05, 0.1) is 17.9 Å². The first-order chi connectivity index (χ1) is 12.9. The number of morpholine rings is 1. The van der Waals surface area contributed by atoms with Gasteiger partial charge in [-0.15, -0.1) is 0 Å². The molecule has 2 heterocycles. The molecule has 1 aliphatic heterocycles. The zero-order valence-electron chi connectivity index (χ0n) is 16.4. The van der Waals surface area contributed by atoms with E-state index in [1.165, 1.54) is 6.92 Å². The highest BCUT2D eigenvalue weighted by Gasteiger charge is 2.22. The minimum atomic E-state index is -0.102. The monoisotopic (exact) mass is 372 g/mol. The van der Waals surface area contributed by atoms with Gasteiger partial charge in [0.2, 0.25) is 5.91 Å². The Kier molecular flexibility index (Phi) is 6.13. The lowest BCUT2D eigenvalue weighted by Gasteiger charge is -2.35. The topological polar surface area (TPSA) is 68.6 Å². The molecule has 0 aliphatic carbocycles. The van der Waals surface area contributed by atoms with Crippen LogP contribution in [0.15, 0.2) is 30.5 Å². The van der Waals surface area contributed by atoms with Crippen LogP contribution >= 0.6 is 0 Å². The van der Waals surface area contributed by atoms with E-state index in [1.54, 1.807) is 10.9 Å². The third-order valence-electron chi connectivity index (χ3n) is 4.56. The molecule has 0 radical (unpaired) electrons. The average molecular weight is 372 g/mol. The summed E-state index contributed by atoms with van der Waals surface area (Å²) in [4.78, 5) is 13.8. The van der Waals surface area contributed by atoms with Crippen LogP contribution in [0.4, 0.5) is 5.69 Å². The van der Waals surface area contributed by atoms with Crippen LogP contribution in [-0.4, -0.2) is 59.0 Å². The standard InChI is InChI=1S/C20H28N4O3/c1-14-12-24(13-15(2)27-14)9-10-26-20-6-5-17(22-16(3)25)11-18(20)19-7-8-21-23(19)4/h5-8,11,14-15H,9-10,12-13H2,1-4H3,(H,22,25)/t14-,15+. The maximum atomic E-state index is 11.4. The molecular formula is C20H28N4O3. The van der Waals surface area contributed by atoms with E-state index in [0.717, 1.165) is 42.3 Å². The van der Waals surface area contributed by atoms with Crippen LogP contribution in [0.3, 0.4) is 0 Å². The van der Waals surface area contributed by atoms with Gasteiger partial charge >= 0.3 is 0 Å². The summed E-state index contributed by atoms with van der Waals surface area (Å²) in [5, 5.41) is 7.07. The molecule has 3 rings (SSSR count). The highest BCUT2D eigenvalue weighted by molar-refractivity contribution is 5.90. The largest absolute Gasteiger partial charge is 0.492 e. The average Bonchev–Trinajstić information content (AvgIpc) is 3.00. The van der Waals surface area contributed by atoms with Gasteiger partial charge in [0, 0.05) is 51.1 Å². The van der Waals surface area contributed by atoms with Crippen molar-refractivity contribution in [1.29, 1.82) is 0 Å². The molecule has 2 aromatic rings. The van der Waals surface area contributed by atoms with Crippen molar-refractivity contribution in [1.82, 2.24) is 14.7 Å². The van der Waals surface area contributed by atoms with Crippen molar-refractivity contribution in [3.8, 4) is 17.0 Å². The summed E-state index contributed by atoms with van der Waals surface area (Å²) in [6, 6.07) is 7.62. The maximum Gasteiger partial charge on any atom is 0.221 e. The smallest absolute Gasteiger partial charge is 0.221 e. The number of nitrogens with zero attached hydrogens (tertiary/aromatic N) is 3. The van der Waals surface area contributed by atoms with E-state index in [2.05, 4.69) is 29.2 Å². The lowest BCUT2D eigenvalue weighted by Crippen LogP contribution is -2.46. The predicted octanol–water partition coefficient (Wildman–Crippen LogP) is 2.53. The van der Waals surface area contributed by atoms with Crippen molar-refractivity contribution in [3.63, 3.8) is 0 Å². The van der Waals surface area contributed by atoms with Crippen molar-refractivity contribution in [2.24, 2.45) is 7.05 Å². The third kappa shape index (κ3) is 5.08. The van der Waals surface area contributed by atoms with E-state index in [4.69, 9.17) is 9.47 Å². The fraction of sp³-hybridized carbons (Fsp3) is 0.500. The predicted molar refractivity (Wildman–Crippen MR) is 105 cm³/mol. The van der Waals surface area contributed by atoms with Gasteiger partial charge in [-0.25, -0.2) is 0 Å². The Bertz CT molecular complexity index is 779. The molecule has 1 fully saturated rings. The molecule has 1 aliphatic rings. The fourth-order valence-electron chi connectivity index (χ4n) is 3.53. The van der Waals surface area contributed by atoms with Crippen LogP contribution in [0.1, 0.15) is 20.8 Å². The van der Waals surface area contributed by atoms with Crippen LogP contribution in [0.2, 0.25) is 0 Å². The van der Waals surface area contributed by atoms with Gasteiger partial charge in [0.15, 0.2) is 0 Å². The second-order valence-corrected chi connectivity index (χ2v) is 7.10. The Morgan fingerprint density at radius 3 is 2.67 bits per heavy atom. The van der Waals surface area contributed by atoms with E-state index in [0.29, 0.717) is 6.61 Å². The summed E-state index contributed by atoms with van der Waals surface area (Å²) in [7, 11) is 1.89. The Labute approximate surface area is 160 Å². The molecule has 0 bridgehead atoms. The number of nitrogens with one attached hydrogen (secondary N) is 1. The Morgan fingerprint density at radius 2 is 2.04 bits per heavy atom. The van der Waals surface area contributed by atoms with Gasteiger partial charge in [-0.05, 0) is 38.1 Å². The number of ether oxygens (including phenoxy) is 2. The first-order valence-electron chi connectivity index (χ1n) is 9.33. The molecule has 27 heavy (non-hydrogen) atoms. The van der Waals surface area contributed by atoms with Crippen molar-refractivity contribution < 1.29 is 14.3 Å². The highest BCUT2D eigenvalue weighted by atomic mass is 16.5. The molecule has 0 spiro atoms. The Hall–Kier alpha value is -2.38. The SMILES string of the molecule is CC(=O)Nc1ccc(OCCN2C[C@@H](C)O[C@@H](C)C2)c(-c2ccnn2C)c1. The summed E-state index contributed by atoms with van der Waals surface area (Å²) in [5.41, 5.74) is 2.58. The molecule has 1 amide bonds.